The fraction of sp³-hybridized carbons (Fsp3) is 0.222. The maximum Gasteiger partial charge on any atom is 0.198 e. The molecule has 188 valence electrons. The molecule has 0 unspecified atom stereocenters. The minimum absolute atomic E-state index is 0.0239. The molecule has 2 atom stereocenters. The lowest BCUT2D eigenvalue weighted by atomic mass is 10.0. The number of ether oxygens (including phenoxy) is 2. The summed E-state index contributed by atoms with van der Waals surface area (Å²) in [4.78, 5) is 12.1. The van der Waals surface area contributed by atoms with E-state index >= 15 is 0 Å². The molecule has 10 heteroatoms. The van der Waals surface area contributed by atoms with Crippen molar-refractivity contribution in [3.8, 4) is 34.0 Å². The van der Waals surface area contributed by atoms with E-state index < -0.39 is 0 Å². The molecule has 6 rings (SSSR count). The lowest BCUT2D eigenvalue weighted by molar-refractivity contribution is 0.0531. The molecular weight excluding hydrogens is 492 g/mol. The number of aromatic amines is 1. The minimum Gasteiger partial charge on any atom is -0.473 e. The van der Waals surface area contributed by atoms with Crippen LogP contribution in [0.2, 0.25) is 5.02 Å². The van der Waals surface area contributed by atoms with Gasteiger partial charge in [0.2, 0.25) is 0 Å². The maximum atomic E-state index is 9.32. The summed E-state index contributed by atoms with van der Waals surface area (Å²) in [6.07, 6.45) is 3.43. The zero-order valence-corrected chi connectivity index (χ0v) is 20.6. The van der Waals surface area contributed by atoms with Crippen LogP contribution in [0.5, 0.6) is 5.88 Å². The first-order valence-electron chi connectivity index (χ1n) is 12.0. The molecular formula is C27H25ClN6O3. The summed E-state index contributed by atoms with van der Waals surface area (Å²) in [5, 5.41) is 14.0. The number of nitrogens with one attached hydrogen (secondary N) is 1. The van der Waals surface area contributed by atoms with Crippen molar-refractivity contribution in [2.75, 3.05) is 13.2 Å². The van der Waals surface area contributed by atoms with Gasteiger partial charge in [0.25, 0.3) is 0 Å². The van der Waals surface area contributed by atoms with E-state index in [1.807, 2.05) is 30.3 Å². The highest BCUT2D eigenvalue weighted by atomic mass is 35.5. The number of hydrogen-bond acceptors (Lipinski definition) is 7. The molecule has 0 bridgehead atoms. The number of nitrogens with zero attached hydrogens (tertiary/aromatic N) is 4. The topological polar surface area (TPSA) is 124 Å². The summed E-state index contributed by atoms with van der Waals surface area (Å²) in [6, 6.07) is 18.1. The summed E-state index contributed by atoms with van der Waals surface area (Å²) in [6.45, 7) is 0.646. The second kappa shape index (κ2) is 9.95. The molecule has 1 saturated heterocycles. The van der Waals surface area contributed by atoms with Crippen molar-refractivity contribution in [2.24, 2.45) is 5.73 Å². The monoisotopic (exact) mass is 516 g/mol. The minimum atomic E-state index is -0.204. The molecule has 1 aliphatic rings. The summed E-state index contributed by atoms with van der Waals surface area (Å²) >= 11 is 6.66. The average molecular weight is 517 g/mol. The van der Waals surface area contributed by atoms with Crippen molar-refractivity contribution in [1.29, 1.82) is 0 Å². The maximum absolute atomic E-state index is 9.32. The smallest absolute Gasteiger partial charge is 0.198 e. The molecule has 3 aromatic heterocycles. The van der Waals surface area contributed by atoms with Gasteiger partial charge in [-0.3, -0.25) is 0 Å². The third-order valence-electron chi connectivity index (χ3n) is 6.56. The molecule has 9 nitrogen and oxygen atoms in total. The van der Waals surface area contributed by atoms with E-state index in [2.05, 4.69) is 39.3 Å². The standard InChI is InChI=1S/C27H25ClN6O3/c28-23-10-24-26(22(11-29)27(32-24)37-21-9-20(12-35)36-13-21)33-25(23)18-3-1-16(2-4-18)17-5-7-19(8-6-17)34-15-30-14-31-34/h1-8,10,14-15,20-21,32,35H,9,11-13,29H2/t20-,21-/m0/s1. The summed E-state index contributed by atoms with van der Waals surface area (Å²) in [5.74, 6) is 0.565. The number of H-pyrrole nitrogens is 1. The van der Waals surface area contributed by atoms with E-state index in [-0.39, 0.29) is 25.4 Å². The van der Waals surface area contributed by atoms with Crippen molar-refractivity contribution in [3.05, 3.63) is 77.8 Å². The fourth-order valence-electron chi connectivity index (χ4n) is 4.63. The SMILES string of the molecule is NCc1c(O[C@@H]2CO[C@H](CO)C2)[nH]c2cc(Cl)c(-c3ccc(-c4ccc(-n5cncn5)cc4)cc3)nc12. The van der Waals surface area contributed by atoms with Gasteiger partial charge in [-0.25, -0.2) is 14.6 Å². The largest absolute Gasteiger partial charge is 0.473 e. The Balaban J connectivity index is 1.27. The van der Waals surface area contributed by atoms with Crippen LogP contribution < -0.4 is 10.5 Å². The van der Waals surface area contributed by atoms with Gasteiger partial charge in [0.05, 0.1) is 52.3 Å². The number of halogens is 1. The number of fused-ring (bicyclic) bond motifs is 1. The highest BCUT2D eigenvalue weighted by Crippen LogP contribution is 2.35. The molecule has 0 aliphatic carbocycles. The van der Waals surface area contributed by atoms with Gasteiger partial charge in [0.15, 0.2) is 5.88 Å². The van der Waals surface area contributed by atoms with Gasteiger partial charge in [-0.2, -0.15) is 5.10 Å². The molecule has 4 N–H and O–H groups in total. The number of pyridine rings is 1. The van der Waals surface area contributed by atoms with Gasteiger partial charge in [0, 0.05) is 18.5 Å². The Morgan fingerprint density at radius 2 is 1.84 bits per heavy atom. The van der Waals surface area contributed by atoms with Crippen LogP contribution in [0.15, 0.2) is 67.3 Å². The average Bonchev–Trinajstić information content (AvgIpc) is 3.69. The van der Waals surface area contributed by atoms with Gasteiger partial charge in [0.1, 0.15) is 18.8 Å². The Labute approximate surface area is 217 Å². The van der Waals surface area contributed by atoms with Crippen molar-refractivity contribution in [3.63, 3.8) is 0 Å². The van der Waals surface area contributed by atoms with Crippen molar-refractivity contribution < 1.29 is 14.6 Å². The van der Waals surface area contributed by atoms with E-state index in [1.165, 1.54) is 6.33 Å². The first-order chi connectivity index (χ1) is 18.1. The van der Waals surface area contributed by atoms with Crippen molar-refractivity contribution >= 4 is 22.6 Å². The van der Waals surface area contributed by atoms with Crippen LogP contribution in [0.25, 0.3) is 39.1 Å². The van der Waals surface area contributed by atoms with E-state index in [0.29, 0.717) is 29.6 Å². The van der Waals surface area contributed by atoms with Crippen molar-refractivity contribution in [1.82, 2.24) is 24.7 Å². The molecule has 0 amide bonds. The molecule has 0 radical (unpaired) electrons. The van der Waals surface area contributed by atoms with Gasteiger partial charge in [-0.15, -0.1) is 0 Å². The number of rotatable bonds is 7. The van der Waals surface area contributed by atoms with E-state index in [4.69, 9.17) is 31.8 Å². The van der Waals surface area contributed by atoms with Crippen LogP contribution in [0.1, 0.15) is 12.0 Å². The predicted molar refractivity (Wildman–Crippen MR) is 141 cm³/mol. The molecule has 37 heavy (non-hydrogen) atoms. The number of aliphatic hydroxyl groups is 1. The van der Waals surface area contributed by atoms with Gasteiger partial charge < -0.3 is 25.3 Å². The van der Waals surface area contributed by atoms with Crippen LogP contribution >= 0.6 is 11.6 Å². The number of nitrogens with two attached hydrogens (primary N) is 1. The van der Waals surface area contributed by atoms with Crippen LogP contribution in [-0.4, -0.2) is 55.3 Å². The third-order valence-corrected chi connectivity index (χ3v) is 6.85. The first-order valence-corrected chi connectivity index (χ1v) is 12.4. The Morgan fingerprint density at radius 3 is 2.49 bits per heavy atom. The lowest BCUT2D eigenvalue weighted by Crippen LogP contribution is -2.18. The second-order valence-electron chi connectivity index (χ2n) is 8.93. The third kappa shape index (κ3) is 4.58. The van der Waals surface area contributed by atoms with E-state index in [1.54, 1.807) is 11.0 Å². The first kappa shape index (κ1) is 23.6. The summed E-state index contributed by atoms with van der Waals surface area (Å²) < 4.78 is 13.4. The highest BCUT2D eigenvalue weighted by Gasteiger charge is 2.28. The molecule has 5 aromatic rings. The van der Waals surface area contributed by atoms with E-state index in [9.17, 15) is 5.11 Å². The highest BCUT2D eigenvalue weighted by molar-refractivity contribution is 6.33. The Bertz CT molecular complexity index is 1520. The normalized spacial score (nSPS) is 17.5. The van der Waals surface area contributed by atoms with Crippen LogP contribution in [-0.2, 0) is 11.3 Å². The van der Waals surface area contributed by atoms with Crippen LogP contribution in [0.3, 0.4) is 0 Å². The number of aliphatic hydroxyl groups excluding tert-OH is 1. The van der Waals surface area contributed by atoms with Gasteiger partial charge >= 0.3 is 0 Å². The van der Waals surface area contributed by atoms with Crippen molar-refractivity contribution in [2.45, 2.75) is 25.2 Å². The molecule has 0 spiro atoms. The Kier molecular flexibility index (Phi) is 6.35. The second-order valence-corrected chi connectivity index (χ2v) is 9.34. The Morgan fingerprint density at radius 1 is 1.11 bits per heavy atom. The van der Waals surface area contributed by atoms with Gasteiger partial charge in [-0.05, 0) is 29.3 Å². The summed E-state index contributed by atoms with van der Waals surface area (Å²) in [5.41, 5.74) is 13.0. The summed E-state index contributed by atoms with van der Waals surface area (Å²) in [7, 11) is 0. The number of aromatic nitrogens is 5. The zero-order chi connectivity index (χ0) is 25.4. The quantitative estimate of drug-likeness (QED) is 0.297. The molecule has 4 heterocycles. The number of hydrogen-bond donors (Lipinski definition) is 3. The molecule has 0 saturated carbocycles. The predicted octanol–water partition coefficient (Wildman–Crippen LogP) is 4.12. The van der Waals surface area contributed by atoms with Gasteiger partial charge in [-0.1, -0.05) is 48.0 Å². The molecule has 1 aliphatic heterocycles. The Hall–Kier alpha value is -3.76. The fourth-order valence-corrected chi connectivity index (χ4v) is 4.89. The molecule has 1 fully saturated rings. The number of benzene rings is 2. The molecule has 2 aromatic carbocycles. The van der Waals surface area contributed by atoms with Crippen LogP contribution in [0, 0.1) is 0 Å². The van der Waals surface area contributed by atoms with E-state index in [0.717, 1.165) is 39.0 Å². The van der Waals surface area contributed by atoms with Crippen LogP contribution in [0.4, 0.5) is 0 Å². The lowest BCUT2D eigenvalue weighted by Gasteiger charge is -2.11. The zero-order valence-electron chi connectivity index (χ0n) is 19.8.